The standard InChI is InChI=1S/C10H20N2O2/c1-6(2)12-5-8(11-4)9(7(12)3)10(13)14/h6-9,11H,5H2,1-4H3,(H,13,14). The number of hydrogen-bond acceptors (Lipinski definition) is 3. The third-order valence-electron chi connectivity index (χ3n) is 3.20. The zero-order chi connectivity index (χ0) is 10.9. The average molecular weight is 200 g/mol. The molecule has 0 aromatic rings. The molecule has 1 fully saturated rings. The SMILES string of the molecule is CNC1CN(C(C)C)C(C)C1C(=O)O. The monoisotopic (exact) mass is 200 g/mol. The first-order valence-corrected chi connectivity index (χ1v) is 5.14. The van der Waals surface area contributed by atoms with Gasteiger partial charge in [-0.1, -0.05) is 0 Å². The Kier molecular flexibility index (Phi) is 3.50. The van der Waals surface area contributed by atoms with Crippen LogP contribution in [0.25, 0.3) is 0 Å². The van der Waals surface area contributed by atoms with Gasteiger partial charge in [-0.3, -0.25) is 9.69 Å². The fourth-order valence-corrected chi connectivity index (χ4v) is 2.38. The van der Waals surface area contributed by atoms with Gasteiger partial charge in [0.05, 0.1) is 5.92 Å². The molecule has 2 N–H and O–H groups in total. The smallest absolute Gasteiger partial charge is 0.309 e. The maximum Gasteiger partial charge on any atom is 0.309 e. The summed E-state index contributed by atoms with van der Waals surface area (Å²) in [5.74, 6) is -0.984. The first-order valence-electron chi connectivity index (χ1n) is 5.14. The lowest BCUT2D eigenvalue weighted by Crippen LogP contribution is -2.39. The van der Waals surface area contributed by atoms with E-state index < -0.39 is 5.97 Å². The van der Waals surface area contributed by atoms with Crippen LogP contribution in [0.4, 0.5) is 0 Å². The van der Waals surface area contributed by atoms with Gasteiger partial charge in [0.25, 0.3) is 0 Å². The number of carboxylic acid groups (broad SMARTS) is 1. The highest BCUT2D eigenvalue weighted by atomic mass is 16.4. The predicted molar refractivity (Wildman–Crippen MR) is 55.3 cm³/mol. The molecule has 3 unspecified atom stereocenters. The maximum absolute atomic E-state index is 11.1. The second-order valence-electron chi connectivity index (χ2n) is 4.29. The number of nitrogens with zero attached hydrogens (tertiary/aromatic N) is 1. The summed E-state index contributed by atoms with van der Waals surface area (Å²) in [5, 5.41) is 12.2. The number of aliphatic carboxylic acids is 1. The number of likely N-dealkylation sites (N-methyl/N-ethyl adjacent to an activating group) is 1. The van der Waals surface area contributed by atoms with Crippen LogP contribution in [0.2, 0.25) is 0 Å². The highest BCUT2D eigenvalue weighted by Crippen LogP contribution is 2.26. The summed E-state index contributed by atoms with van der Waals surface area (Å²) in [4.78, 5) is 13.3. The van der Waals surface area contributed by atoms with Crippen molar-refractivity contribution in [1.29, 1.82) is 0 Å². The van der Waals surface area contributed by atoms with Crippen LogP contribution < -0.4 is 5.32 Å². The normalized spacial score (nSPS) is 33.9. The van der Waals surface area contributed by atoms with E-state index in [4.69, 9.17) is 5.11 Å². The van der Waals surface area contributed by atoms with Gasteiger partial charge in [-0.15, -0.1) is 0 Å². The van der Waals surface area contributed by atoms with E-state index >= 15 is 0 Å². The summed E-state index contributed by atoms with van der Waals surface area (Å²) in [7, 11) is 1.83. The molecular weight excluding hydrogens is 180 g/mol. The lowest BCUT2D eigenvalue weighted by atomic mass is 9.98. The summed E-state index contributed by atoms with van der Waals surface area (Å²) in [6.07, 6.45) is 0. The zero-order valence-corrected chi connectivity index (χ0v) is 9.32. The van der Waals surface area contributed by atoms with E-state index in [9.17, 15) is 4.79 Å². The van der Waals surface area contributed by atoms with Gasteiger partial charge in [-0.05, 0) is 27.8 Å². The van der Waals surface area contributed by atoms with Crippen LogP contribution >= 0.6 is 0 Å². The van der Waals surface area contributed by atoms with E-state index in [1.807, 2.05) is 14.0 Å². The van der Waals surface area contributed by atoms with Crippen LogP contribution in [0, 0.1) is 5.92 Å². The third kappa shape index (κ3) is 1.91. The van der Waals surface area contributed by atoms with Crippen molar-refractivity contribution in [3.8, 4) is 0 Å². The Bertz CT molecular complexity index is 218. The van der Waals surface area contributed by atoms with Crippen LogP contribution in [-0.2, 0) is 4.79 Å². The van der Waals surface area contributed by atoms with Crippen LogP contribution in [0.5, 0.6) is 0 Å². The van der Waals surface area contributed by atoms with Gasteiger partial charge in [-0.2, -0.15) is 0 Å². The topological polar surface area (TPSA) is 52.6 Å². The molecule has 0 radical (unpaired) electrons. The van der Waals surface area contributed by atoms with Gasteiger partial charge >= 0.3 is 5.97 Å². The maximum atomic E-state index is 11.1. The fourth-order valence-electron chi connectivity index (χ4n) is 2.38. The molecule has 14 heavy (non-hydrogen) atoms. The minimum Gasteiger partial charge on any atom is -0.481 e. The summed E-state index contributed by atoms with van der Waals surface area (Å²) in [6, 6.07) is 0.597. The molecule has 1 heterocycles. The van der Waals surface area contributed by atoms with E-state index in [0.717, 1.165) is 6.54 Å². The Labute approximate surface area is 85.3 Å². The Morgan fingerprint density at radius 3 is 2.43 bits per heavy atom. The van der Waals surface area contributed by atoms with Gasteiger partial charge in [-0.25, -0.2) is 0 Å². The van der Waals surface area contributed by atoms with Gasteiger partial charge in [0.15, 0.2) is 0 Å². The minimum atomic E-state index is -0.694. The Morgan fingerprint density at radius 1 is 1.57 bits per heavy atom. The molecular formula is C10H20N2O2. The number of carboxylic acids is 1. The molecule has 1 aliphatic heterocycles. The summed E-state index contributed by atoms with van der Waals surface area (Å²) in [5.41, 5.74) is 0. The first-order chi connectivity index (χ1) is 6.49. The van der Waals surface area contributed by atoms with Crippen molar-refractivity contribution in [3.05, 3.63) is 0 Å². The van der Waals surface area contributed by atoms with Crippen LogP contribution in [0.3, 0.4) is 0 Å². The molecule has 0 aromatic heterocycles. The van der Waals surface area contributed by atoms with Gasteiger partial charge in [0.2, 0.25) is 0 Å². The third-order valence-corrected chi connectivity index (χ3v) is 3.20. The molecule has 1 rings (SSSR count). The van der Waals surface area contributed by atoms with Crippen LogP contribution in [0.1, 0.15) is 20.8 Å². The molecule has 82 valence electrons. The molecule has 1 aliphatic rings. The summed E-state index contributed by atoms with van der Waals surface area (Å²) >= 11 is 0. The largest absolute Gasteiger partial charge is 0.481 e. The van der Waals surface area contributed by atoms with Crippen molar-refractivity contribution in [2.75, 3.05) is 13.6 Å². The van der Waals surface area contributed by atoms with Crippen LogP contribution in [-0.4, -0.2) is 47.7 Å². The molecule has 0 aromatic carbocycles. The predicted octanol–water partition coefficient (Wildman–Crippen LogP) is 0.388. The van der Waals surface area contributed by atoms with Crippen molar-refractivity contribution in [2.24, 2.45) is 5.92 Å². The van der Waals surface area contributed by atoms with Gasteiger partial charge < -0.3 is 10.4 Å². The van der Waals surface area contributed by atoms with Crippen molar-refractivity contribution in [2.45, 2.75) is 38.9 Å². The molecule has 4 nitrogen and oxygen atoms in total. The Morgan fingerprint density at radius 2 is 2.14 bits per heavy atom. The number of nitrogens with one attached hydrogen (secondary N) is 1. The summed E-state index contributed by atoms with van der Waals surface area (Å²) in [6.45, 7) is 7.03. The highest BCUT2D eigenvalue weighted by molar-refractivity contribution is 5.72. The van der Waals surface area contributed by atoms with Crippen molar-refractivity contribution in [3.63, 3.8) is 0 Å². The van der Waals surface area contributed by atoms with E-state index in [0.29, 0.717) is 6.04 Å². The molecule has 0 spiro atoms. The van der Waals surface area contributed by atoms with E-state index in [1.165, 1.54) is 0 Å². The number of carbonyl (C=O) groups is 1. The van der Waals surface area contributed by atoms with E-state index in [1.54, 1.807) is 0 Å². The second kappa shape index (κ2) is 4.28. The molecule has 0 bridgehead atoms. The molecule has 0 aliphatic carbocycles. The summed E-state index contributed by atoms with van der Waals surface area (Å²) < 4.78 is 0. The molecule has 0 amide bonds. The van der Waals surface area contributed by atoms with Crippen LogP contribution in [0.15, 0.2) is 0 Å². The quantitative estimate of drug-likeness (QED) is 0.692. The van der Waals surface area contributed by atoms with E-state index in [-0.39, 0.29) is 18.0 Å². The Balaban J connectivity index is 2.79. The number of rotatable bonds is 3. The van der Waals surface area contributed by atoms with Crippen molar-refractivity contribution < 1.29 is 9.90 Å². The number of hydrogen-bond donors (Lipinski definition) is 2. The zero-order valence-electron chi connectivity index (χ0n) is 9.32. The fraction of sp³-hybridized carbons (Fsp3) is 0.900. The Hall–Kier alpha value is -0.610. The lowest BCUT2D eigenvalue weighted by molar-refractivity contribution is -0.143. The average Bonchev–Trinajstić information content (AvgIpc) is 2.42. The molecule has 3 atom stereocenters. The van der Waals surface area contributed by atoms with Gasteiger partial charge in [0, 0.05) is 24.7 Å². The molecule has 1 saturated heterocycles. The molecule has 4 heteroatoms. The minimum absolute atomic E-state index is 0.0740. The number of likely N-dealkylation sites (tertiary alicyclic amines) is 1. The molecule has 0 saturated carbocycles. The lowest BCUT2D eigenvalue weighted by Gasteiger charge is -2.26. The van der Waals surface area contributed by atoms with Crippen molar-refractivity contribution >= 4 is 5.97 Å². The second-order valence-corrected chi connectivity index (χ2v) is 4.29. The van der Waals surface area contributed by atoms with E-state index in [2.05, 4.69) is 24.1 Å². The van der Waals surface area contributed by atoms with Gasteiger partial charge in [0.1, 0.15) is 0 Å². The first kappa shape index (κ1) is 11.5. The van der Waals surface area contributed by atoms with Crippen molar-refractivity contribution in [1.82, 2.24) is 10.2 Å². The highest BCUT2D eigenvalue weighted by Gasteiger charge is 2.43.